The van der Waals surface area contributed by atoms with Crippen LogP contribution in [-0.4, -0.2) is 47.4 Å². The predicted molar refractivity (Wildman–Crippen MR) is 347 cm³/mol. The van der Waals surface area contributed by atoms with Gasteiger partial charge < -0.3 is 20.3 Å². The zero-order valence-electron chi connectivity index (χ0n) is 53.1. The molecule has 6 heteroatoms. The fraction of sp³-hybridized carbons (Fsp3) is 0.863. The van der Waals surface area contributed by atoms with E-state index in [4.69, 9.17) is 4.74 Å². The Hall–Kier alpha value is -2.18. The van der Waals surface area contributed by atoms with Crippen LogP contribution in [0.1, 0.15) is 380 Å². The van der Waals surface area contributed by atoms with Crippen molar-refractivity contribution in [1.82, 2.24) is 5.32 Å². The minimum atomic E-state index is -0.665. The van der Waals surface area contributed by atoms with E-state index in [2.05, 4.69) is 67.8 Å². The summed E-state index contributed by atoms with van der Waals surface area (Å²) in [5, 5.41) is 23.4. The molecule has 0 fully saturated rings. The van der Waals surface area contributed by atoms with Crippen molar-refractivity contribution in [1.29, 1.82) is 0 Å². The van der Waals surface area contributed by atoms with E-state index in [9.17, 15) is 19.8 Å². The summed E-state index contributed by atoms with van der Waals surface area (Å²) in [6, 6.07) is -0.542. The van der Waals surface area contributed by atoms with Crippen LogP contribution in [0.15, 0.2) is 48.6 Å². The van der Waals surface area contributed by atoms with Gasteiger partial charge in [0.25, 0.3) is 0 Å². The molecule has 0 saturated carbocycles. The maximum Gasteiger partial charge on any atom is 0.305 e. The molecule has 0 aliphatic carbocycles. The summed E-state index contributed by atoms with van der Waals surface area (Å²) in [6.07, 6.45) is 88.7. The number of hydrogen-bond acceptors (Lipinski definition) is 5. The molecule has 0 heterocycles. The highest BCUT2D eigenvalue weighted by Gasteiger charge is 2.20. The van der Waals surface area contributed by atoms with Crippen molar-refractivity contribution in [2.45, 2.75) is 392 Å². The molecule has 0 aliphatic rings. The molecule has 6 nitrogen and oxygen atoms in total. The Balaban J connectivity index is 3.40. The van der Waals surface area contributed by atoms with Gasteiger partial charge >= 0.3 is 5.97 Å². The second-order valence-electron chi connectivity index (χ2n) is 24.2. The van der Waals surface area contributed by atoms with Crippen LogP contribution in [0.25, 0.3) is 0 Å². The lowest BCUT2D eigenvalue weighted by Gasteiger charge is -2.22. The van der Waals surface area contributed by atoms with Gasteiger partial charge in [-0.05, 0) is 83.5 Å². The minimum Gasteiger partial charge on any atom is -0.466 e. The van der Waals surface area contributed by atoms with Crippen LogP contribution in [0.2, 0.25) is 0 Å². The van der Waals surface area contributed by atoms with E-state index in [0.29, 0.717) is 25.9 Å². The minimum absolute atomic E-state index is 0.00142. The molecule has 0 spiro atoms. The van der Waals surface area contributed by atoms with Crippen LogP contribution in [0.5, 0.6) is 0 Å². The summed E-state index contributed by atoms with van der Waals surface area (Å²) >= 11 is 0. The third kappa shape index (κ3) is 64.8. The summed E-state index contributed by atoms with van der Waals surface area (Å²) in [7, 11) is 0. The lowest BCUT2D eigenvalue weighted by atomic mass is 10.0. The standard InChI is InChI=1S/C73H137NO5/c1-3-5-7-9-11-13-15-17-19-35-38-41-45-49-53-57-61-65-71(76)70(69-75)74-72(77)66-62-58-54-50-46-42-39-36-33-31-29-27-25-23-21-20-22-24-26-28-30-32-34-37-40-44-48-52-56-60-64-68-79-73(78)67-63-59-55-51-47-43-18-16-14-12-10-8-6-4-2/h10,12,16,18,22,24,28,30,70-71,75-76H,3-9,11,13-15,17,19-21,23,25-27,29,31-69H2,1-2H3,(H,74,77)/b12-10-,18-16-,24-22-,30-28-. The Morgan fingerprint density at radius 1 is 0.354 bits per heavy atom. The number of carbonyl (C=O) groups is 2. The Bertz CT molecular complexity index is 1320. The van der Waals surface area contributed by atoms with E-state index in [1.165, 1.54) is 289 Å². The van der Waals surface area contributed by atoms with Gasteiger partial charge in [-0.15, -0.1) is 0 Å². The van der Waals surface area contributed by atoms with Gasteiger partial charge in [-0.3, -0.25) is 9.59 Å². The highest BCUT2D eigenvalue weighted by molar-refractivity contribution is 5.76. The van der Waals surface area contributed by atoms with E-state index in [1.807, 2.05) is 0 Å². The fourth-order valence-electron chi connectivity index (χ4n) is 10.9. The number of allylic oxidation sites excluding steroid dienone is 8. The van der Waals surface area contributed by atoms with Gasteiger partial charge in [0, 0.05) is 12.8 Å². The highest BCUT2D eigenvalue weighted by atomic mass is 16.5. The topological polar surface area (TPSA) is 95.9 Å². The molecule has 2 unspecified atom stereocenters. The number of aliphatic hydroxyl groups excluding tert-OH is 2. The molecule has 79 heavy (non-hydrogen) atoms. The first kappa shape index (κ1) is 76.8. The Morgan fingerprint density at radius 3 is 1.00 bits per heavy atom. The number of hydrogen-bond donors (Lipinski definition) is 3. The van der Waals surface area contributed by atoms with Crippen molar-refractivity contribution in [3.63, 3.8) is 0 Å². The molecule has 1 amide bonds. The van der Waals surface area contributed by atoms with E-state index in [0.717, 1.165) is 57.8 Å². The van der Waals surface area contributed by atoms with Crippen LogP contribution < -0.4 is 5.32 Å². The molecule has 464 valence electrons. The van der Waals surface area contributed by atoms with Crippen LogP contribution in [0, 0.1) is 0 Å². The molecular weight excluding hydrogens is 971 g/mol. The fourth-order valence-corrected chi connectivity index (χ4v) is 10.9. The van der Waals surface area contributed by atoms with Crippen LogP contribution in [0.3, 0.4) is 0 Å². The van der Waals surface area contributed by atoms with Gasteiger partial charge in [-0.1, -0.05) is 332 Å². The molecule has 0 bridgehead atoms. The van der Waals surface area contributed by atoms with Crippen LogP contribution >= 0.6 is 0 Å². The normalized spacial score (nSPS) is 12.8. The first-order valence-corrected chi connectivity index (χ1v) is 35.4. The quantitative estimate of drug-likeness (QED) is 0.0320. The van der Waals surface area contributed by atoms with Gasteiger partial charge in [0.1, 0.15) is 0 Å². The zero-order chi connectivity index (χ0) is 57.1. The molecule has 0 aromatic carbocycles. The summed E-state index contributed by atoms with van der Waals surface area (Å²) in [5.74, 6) is -0.0330. The van der Waals surface area contributed by atoms with Crippen LogP contribution in [-0.2, 0) is 14.3 Å². The van der Waals surface area contributed by atoms with E-state index < -0.39 is 12.1 Å². The van der Waals surface area contributed by atoms with Gasteiger partial charge in [0.2, 0.25) is 5.91 Å². The van der Waals surface area contributed by atoms with Gasteiger partial charge in [-0.2, -0.15) is 0 Å². The number of amides is 1. The number of aliphatic hydroxyl groups is 2. The Labute approximate surface area is 493 Å². The molecule has 0 aromatic rings. The molecule has 0 aliphatic heterocycles. The lowest BCUT2D eigenvalue weighted by molar-refractivity contribution is -0.143. The number of rotatable bonds is 66. The first-order chi connectivity index (χ1) is 39.0. The Kier molecular flexibility index (Phi) is 66.4. The second kappa shape index (κ2) is 68.3. The number of nitrogens with one attached hydrogen (secondary N) is 1. The average molecular weight is 1110 g/mol. The Morgan fingerprint density at radius 2 is 0.646 bits per heavy atom. The predicted octanol–water partition coefficient (Wildman–Crippen LogP) is 22.9. The van der Waals surface area contributed by atoms with Crippen molar-refractivity contribution in [3.8, 4) is 0 Å². The SMILES string of the molecule is CCCC/C=C\C/C=C\CCCCCCCC(=O)OCCCCCCCCCCC/C=C\C/C=C\CCCCCCCCCCCCCCCCCC(=O)NC(CO)C(O)CCCCCCCCCCCCCCCCCCC. The number of esters is 1. The van der Waals surface area contributed by atoms with Crippen molar-refractivity contribution in [2.75, 3.05) is 13.2 Å². The van der Waals surface area contributed by atoms with E-state index in [1.54, 1.807) is 0 Å². The first-order valence-electron chi connectivity index (χ1n) is 35.4. The third-order valence-electron chi connectivity index (χ3n) is 16.4. The van der Waals surface area contributed by atoms with Gasteiger partial charge in [0.05, 0.1) is 25.4 Å². The lowest BCUT2D eigenvalue weighted by Crippen LogP contribution is -2.45. The van der Waals surface area contributed by atoms with Crippen molar-refractivity contribution in [3.05, 3.63) is 48.6 Å². The summed E-state index contributed by atoms with van der Waals surface area (Å²) in [4.78, 5) is 24.6. The average Bonchev–Trinajstić information content (AvgIpc) is 3.45. The highest BCUT2D eigenvalue weighted by Crippen LogP contribution is 2.18. The van der Waals surface area contributed by atoms with Crippen molar-refractivity contribution < 1.29 is 24.5 Å². The molecule has 0 rings (SSSR count). The van der Waals surface area contributed by atoms with E-state index >= 15 is 0 Å². The smallest absolute Gasteiger partial charge is 0.305 e. The number of ether oxygens (including phenoxy) is 1. The van der Waals surface area contributed by atoms with Gasteiger partial charge in [0.15, 0.2) is 0 Å². The van der Waals surface area contributed by atoms with Crippen molar-refractivity contribution in [2.24, 2.45) is 0 Å². The number of carbonyl (C=O) groups excluding carboxylic acids is 2. The maximum atomic E-state index is 12.5. The molecule has 3 N–H and O–H groups in total. The third-order valence-corrected chi connectivity index (χ3v) is 16.4. The van der Waals surface area contributed by atoms with Crippen molar-refractivity contribution >= 4 is 11.9 Å². The van der Waals surface area contributed by atoms with E-state index in [-0.39, 0.29) is 18.5 Å². The maximum absolute atomic E-state index is 12.5. The van der Waals surface area contributed by atoms with Gasteiger partial charge in [-0.25, -0.2) is 0 Å². The largest absolute Gasteiger partial charge is 0.466 e. The molecule has 0 radical (unpaired) electrons. The summed E-state index contributed by atoms with van der Waals surface area (Å²) in [5.41, 5.74) is 0. The summed E-state index contributed by atoms with van der Waals surface area (Å²) in [6.45, 7) is 4.93. The monoisotopic (exact) mass is 1110 g/mol. The second-order valence-corrected chi connectivity index (χ2v) is 24.2. The molecule has 0 saturated heterocycles. The van der Waals surface area contributed by atoms with Crippen LogP contribution in [0.4, 0.5) is 0 Å². The molecule has 2 atom stereocenters. The zero-order valence-corrected chi connectivity index (χ0v) is 53.1. The molecular formula is C73H137NO5. The molecule has 0 aromatic heterocycles. The number of unbranched alkanes of at least 4 members (excludes halogenated alkanes) is 47. The summed E-state index contributed by atoms with van der Waals surface area (Å²) < 4.78 is 5.48.